The molecule has 2 aliphatic heterocycles. The monoisotopic (exact) mass is 327 g/mol. The van der Waals surface area contributed by atoms with Gasteiger partial charge in [0.05, 0.1) is 12.1 Å². The summed E-state index contributed by atoms with van der Waals surface area (Å²) in [5.74, 6) is 0.788. The highest BCUT2D eigenvalue weighted by Crippen LogP contribution is 2.33. The minimum absolute atomic E-state index is 0. The predicted molar refractivity (Wildman–Crippen MR) is 91.0 cm³/mol. The molecule has 0 radical (unpaired) electrons. The Morgan fingerprint density at radius 1 is 0.783 bits per heavy atom. The average molecular weight is 328 g/mol. The van der Waals surface area contributed by atoms with Crippen molar-refractivity contribution in [3.8, 4) is 0 Å². The molecular formula is C21H26ClN. The molecule has 2 aliphatic rings. The lowest BCUT2D eigenvalue weighted by Crippen LogP contribution is -3.19. The highest BCUT2D eigenvalue weighted by atomic mass is 35.5. The Bertz CT molecular complexity index is 584. The molecule has 2 aromatic carbocycles. The normalized spacial score (nSPS) is 29.6. The summed E-state index contributed by atoms with van der Waals surface area (Å²) in [5.41, 5.74) is 3.07. The zero-order chi connectivity index (χ0) is 14.8. The predicted octanol–water partition coefficient (Wildman–Crippen LogP) is 0.574. The Balaban J connectivity index is 0.00000156. The summed E-state index contributed by atoms with van der Waals surface area (Å²) < 4.78 is 0. The van der Waals surface area contributed by atoms with Gasteiger partial charge in [-0.3, -0.25) is 0 Å². The number of hydrogen-bond donors (Lipinski definition) is 1. The molecule has 1 N–H and O–H groups in total. The second kappa shape index (κ2) is 7.51. The summed E-state index contributed by atoms with van der Waals surface area (Å²) in [7, 11) is 0. The minimum atomic E-state index is 0. The quantitative estimate of drug-likeness (QED) is 0.841. The van der Waals surface area contributed by atoms with Crippen LogP contribution in [0.25, 0.3) is 0 Å². The second-order valence-corrected chi connectivity index (χ2v) is 7.14. The van der Waals surface area contributed by atoms with E-state index < -0.39 is 0 Å². The molecule has 0 spiro atoms. The van der Waals surface area contributed by atoms with E-state index in [2.05, 4.69) is 60.7 Å². The van der Waals surface area contributed by atoms with Crippen LogP contribution in [0.3, 0.4) is 0 Å². The first kappa shape index (κ1) is 16.5. The lowest BCUT2D eigenvalue weighted by molar-refractivity contribution is -0.973. The second-order valence-electron chi connectivity index (χ2n) is 7.14. The topological polar surface area (TPSA) is 4.44 Å². The zero-order valence-corrected chi connectivity index (χ0v) is 14.4. The molecule has 2 bridgehead atoms. The summed E-state index contributed by atoms with van der Waals surface area (Å²) >= 11 is 0. The van der Waals surface area contributed by atoms with E-state index in [0.29, 0.717) is 0 Å². The molecule has 122 valence electrons. The van der Waals surface area contributed by atoms with Gasteiger partial charge in [-0.2, -0.15) is 0 Å². The van der Waals surface area contributed by atoms with E-state index in [1.165, 1.54) is 44.2 Å². The maximum atomic E-state index is 2.34. The van der Waals surface area contributed by atoms with Crippen LogP contribution in [0.4, 0.5) is 0 Å². The molecule has 2 heteroatoms. The lowest BCUT2D eigenvalue weighted by atomic mass is 9.75. The molecule has 0 aromatic heterocycles. The Kier molecular flexibility index (Phi) is 5.40. The van der Waals surface area contributed by atoms with E-state index in [-0.39, 0.29) is 12.4 Å². The first-order valence-corrected chi connectivity index (χ1v) is 8.84. The van der Waals surface area contributed by atoms with Crippen LogP contribution in [0.2, 0.25) is 0 Å². The van der Waals surface area contributed by atoms with Crippen LogP contribution in [0.5, 0.6) is 0 Å². The van der Waals surface area contributed by atoms with E-state index >= 15 is 0 Å². The van der Waals surface area contributed by atoms with Gasteiger partial charge >= 0.3 is 0 Å². The Labute approximate surface area is 146 Å². The van der Waals surface area contributed by atoms with Crippen molar-refractivity contribution in [2.24, 2.45) is 0 Å². The van der Waals surface area contributed by atoms with Crippen molar-refractivity contribution in [1.29, 1.82) is 0 Å². The van der Waals surface area contributed by atoms with Crippen molar-refractivity contribution in [3.05, 3.63) is 71.8 Å². The fourth-order valence-electron chi connectivity index (χ4n) is 4.75. The summed E-state index contributed by atoms with van der Waals surface area (Å²) in [6.45, 7) is 1.22. The van der Waals surface area contributed by atoms with Gasteiger partial charge in [0, 0.05) is 18.4 Å². The molecule has 2 unspecified atom stereocenters. The number of quaternary nitrogens is 1. The Hall–Kier alpha value is -1.31. The molecule has 2 atom stereocenters. The van der Waals surface area contributed by atoms with Crippen LogP contribution >= 0.6 is 0 Å². The number of nitrogens with one attached hydrogen (secondary N) is 1. The maximum Gasteiger partial charge on any atom is 0.103 e. The first-order chi connectivity index (χ1) is 10.9. The zero-order valence-electron chi connectivity index (χ0n) is 13.6. The van der Waals surface area contributed by atoms with E-state index in [4.69, 9.17) is 0 Å². The highest BCUT2D eigenvalue weighted by molar-refractivity contribution is 5.20. The lowest BCUT2D eigenvalue weighted by Gasteiger charge is -2.46. The van der Waals surface area contributed by atoms with E-state index in [1.54, 1.807) is 5.56 Å². The number of hydrogen-bond acceptors (Lipinski definition) is 0. The van der Waals surface area contributed by atoms with Crippen molar-refractivity contribution >= 4 is 0 Å². The van der Waals surface area contributed by atoms with Crippen molar-refractivity contribution in [3.63, 3.8) is 0 Å². The standard InChI is InChI=1S/C21H25N.ClH/c1-3-8-17(9-4-1)16-22-20-12-7-13-21(22)15-19(14-20)18-10-5-2-6-11-18;/h1-6,8-11,19-21H,7,12-16H2;1H. The van der Waals surface area contributed by atoms with Gasteiger partial charge in [-0.15, -0.1) is 0 Å². The first-order valence-electron chi connectivity index (χ1n) is 8.84. The number of piperidine rings is 2. The van der Waals surface area contributed by atoms with E-state index in [1.807, 2.05) is 4.90 Å². The molecule has 0 amide bonds. The number of rotatable bonds is 3. The van der Waals surface area contributed by atoms with E-state index in [9.17, 15) is 0 Å². The van der Waals surface area contributed by atoms with Gasteiger partial charge in [0.1, 0.15) is 6.54 Å². The van der Waals surface area contributed by atoms with Gasteiger partial charge in [0.15, 0.2) is 0 Å². The van der Waals surface area contributed by atoms with Crippen molar-refractivity contribution < 1.29 is 17.3 Å². The SMILES string of the molecule is [Cl-].c1ccc(C[NH+]2C3CCCC2CC(c2ccccc2)C3)cc1. The molecule has 2 heterocycles. The van der Waals surface area contributed by atoms with Crippen LogP contribution in [0, 0.1) is 0 Å². The van der Waals surface area contributed by atoms with Crippen LogP contribution in [0.1, 0.15) is 49.1 Å². The van der Waals surface area contributed by atoms with Gasteiger partial charge in [0.25, 0.3) is 0 Å². The van der Waals surface area contributed by atoms with Crippen LogP contribution in [0.15, 0.2) is 60.7 Å². The number of fused-ring (bicyclic) bond motifs is 2. The van der Waals surface area contributed by atoms with Gasteiger partial charge < -0.3 is 17.3 Å². The van der Waals surface area contributed by atoms with Gasteiger partial charge in [0.2, 0.25) is 0 Å². The van der Waals surface area contributed by atoms with Crippen LogP contribution in [-0.4, -0.2) is 12.1 Å². The molecule has 0 saturated carbocycles. The maximum absolute atomic E-state index is 2.34. The average Bonchev–Trinajstić information content (AvgIpc) is 2.56. The fourth-order valence-corrected chi connectivity index (χ4v) is 4.75. The van der Waals surface area contributed by atoms with Gasteiger partial charge in [-0.1, -0.05) is 60.7 Å². The molecule has 0 aliphatic carbocycles. The molecule has 23 heavy (non-hydrogen) atoms. The molecule has 2 aromatic rings. The van der Waals surface area contributed by atoms with Crippen LogP contribution < -0.4 is 17.3 Å². The van der Waals surface area contributed by atoms with Crippen molar-refractivity contribution in [2.45, 2.75) is 56.7 Å². The van der Waals surface area contributed by atoms with Gasteiger partial charge in [-0.05, 0) is 30.7 Å². The van der Waals surface area contributed by atoms with Gasteiger partial charge in [-0.25, -0.2) is 0 Å². The molecular weight excluding hydrogens is 302 g/mol. The van der Waals surface area contributed by atoms with Crippen LogP contribution in [-0.2, 0) is 6.54 Å². The summed E-state index contributed by atoms with van der Waals surface area (Å²) in [5, 5.41) is 0. The summed E-state index contributed by atoms with van der Waals surface area (Å²) in [6.07, 6.45) is 7.03. The number of benzene rings is 2. The summed E-state index contributed by atoms with van der Waals surface area (Å²) in [4.78, 5) is 1.87. The highest BCUT2D eigenvalue weighted by Gasteiger charge is 2.41. The fraction of sp³-hybridized carbons (Fsp3) is 0.429. The molecule has 2 saturated heterocycles. The molecule has 2 fully saturated rings. The molecule has 1 nitrogen and oxygen atoms in total. The van der Waals surface area contributed by atoms with E-state index in [0.717, 1.165) is 18.0 Å². The van der Waals surface area contributed by atoms with Crippen molar-refractivity contribution in [1.82, 2.24) is 0 Å². The third kappa shape index (κ3) is 3.62. The smallest absolute Gasteiger partial charge is 0.103 e. The Morgan fingerprint density at radius 2 is 1.35 bits per heavy atom. The Morgan fingerprint density at radius 3 is 1.96 bits per heavy atom. The third-order valence-electron chi connectivity index (χ3n) is 5.81. The summed E-state index contributed by atoms with van der Waals surface area (Å²) in [6, 6.07) is 24.0. The largest absolute Gasteiger partial charge is 1.00 e. The molecule has 4 rings (SSSR count). The minimum Gasteiger partial charge on any atom is -1.00 e. The van der Waals surface area contributed by atoms with Crippen molar-refractivity contribution in [2.75, 3.05) is 0 Å². The number of halogens is 1. The third-order valence-corrected chi connectivity index (χ3v) is 5.81.